The van der Waals surface area contributed by atoms with E-state index in [9.17, 15) is 19.2 Å². The second kappa shape index (κ2) is 7.39. The van der Waals surface area contributed by atoms with E-state index < -0.39 is 36.0 Å². The standard InChI is InChI=1S/C18H18N4O5S/c1-10-14(28-11(2)19-10)15(24)27-9-13(23)21-22-16(25)18(3,20-17(22)26)12-7-5-4-6-8-12/h4-8H,9H2,1-3H3,(H,20,26)(H,21,23)/t18-/m1/s1. The minimum absolute atomic E-state index is 0.303. The maximum Gasteiger partial charge on any atom is 0.350 e. The largest absolute Gasteiger partial charge is 0.451 e. The van der Waals surface area contributed by atoms with Gasteiger partial charge >= 0.3 is 12.0 Å². The molecule has 10 heteroatoms. The van der Waals surface area contributed by atoms with Gasteiger partial charge in [-0.25, -0.2) is 14.6 Å². The number of hydrogen-bond acceptors (Lipinski definition) is 7. The third-order valence-electron chi connectivity index (χ3n) is 4.20. The molecule has 0 radical (unpaired) electrons. The molecule has 1 aromatic carbocycles. The van der Waals surface area contributed by atoms with Crippen LogP contribution in [0.5, 0.6) is 0 Å². The van der Waals surface area contributed by atoms with Crippen LogP contribution in [0.25, 0.3) is 0 Å². The second-order valence-electron chi connectivity index (χ2n) is 6.32. The Balaban J connectivity index is 1.63. The van der Waals surface area contributed by atoms with Crippen molar-refractivity contribution < 1.29 is 23.9 Å². The second-order valence-corrected chi connectivity index (χ2v) is 7.52. The number of urea groups is 1. The van der Waals surface area contributed by atoms with Crippen LogP contribution in [0.1, 0.15) is 32.9 Å². The number of thiazole rings is 1. The van der Waals surface area contributed by atoms with Gasteiger partial charge in [0, 0.05) is 0 Å². The summed E-state index contributed by atoms with van der Waals surface area (Å²) in [5.74, 6) is -2.14. The molecule has 1 fully saturated rings. The molecular weight excluding hydrogens is 384 g/mol. The zero-order chi connectivity index (χ0) is 20.5. The maximum atomic E-state index is 12.7. The van der Waals surface area contributed by atoms with Gasteiger partial charge in [-0.1, -0.05) is 30.3 Å². The zero-order valence-corrected chi connectivity index (χ0v) is 16.3. The number of amides is 4. The summed E-state index contributed by atoms with van der Waals surface area (Å²) in [5, 5.41) is 3.85. The molecule has 146 valence electrons. The van der Waals surface area contributed by atoms with E-state index in [2.05, 4.69) is 15.7 Å². The molecule has 1 aliphatic rings. The van der Waals surface area contributed by atoms with Gasteiger partial charge in [0.2, 0.25) is 0 Å². The quantitative estimate of drug-likeness (QED) is 0.577. The molecule has 0 spiro atoms. The Labute approximate surface area is 164 Å². The number of nitrogens with one attached hydrogen (secondary N) is 2. The van der Waals surface area contributed by atoms with Gasteiger partial charge in [0.1, 0.15) is 10.4 Å². The summed E-state index contributed by atoms with van der Waals surface area (Å²) in [6.45, 7) is 4.32. The lowest BCUT2D eigenvalue weighted by atomic mass is 9.92. The van der Waals surface area contributed by atoms with Crippen molar-refractivity contribution in [1.29, 1.82) is 0 Å². The summed E-state index contributed by atoms with van der Waals surface area (Å²) in [6, 6.07) is 7.89. The molecule has 1 aliphatic heterocycles. The summed E-state index contributed by atoms with van der Waals surface area (Å²) in [7, 11) is 0. The SMILES string of the molecule is Cc1nc(C)c(C(=O)OCC(=O)NN2C(=O)N[C@](C)(c3ccccc3)C2=O)s1. The lowest BCUT2D eigenvalue weighted by Crippen LogP contribution is -2.49. The van der Waals surface area contributed by atoms with Crippen LogP contribution in [0.4, 0.5) is 4.79 Å². The first kappa shape index (κ1) is 19.5. The van der Waals surface area contributed by atoms with E-state index in [-0.39, 0.29) is 0 Å². The van der Waals surface area contributed by atoms with Crippen LogP contribution in [0.15, 0.2) is 30.3 Å². The van der Waals surface area contributed by atoms with Crippen LogP contribution < -0.4 is 10.7 Å². The molecule has 3 rings (SSSR count). The molecule has 4 amide bonds. The number of hydrazine groups is 1. The van der Waals surface area contributed by atoms with Crippen molar-refractivity contribution in [2.75, 3.05) is 6.61 Å². The van der Waals surface area contributed by atoms with Crippen molar-refractivity contribution >= 4 is 35.2 Å². The number of carbonyl (C=O) groups is 4. The van der Waals surface area contributed by atoms with Crippen LogP contribution in [0, 0.1) is 13.8 Å². The molecule has 1 atom stereocenters. The number of hydrogen-bond donors (Lipinski definition) is 2. The van der Waals surface area contributed by atoms with Gasteiger partial charge in [0.15, 0.2) is 6.61 Å². The van der Waals surface area contributed by atoms with Crippen molar-refractivity contribution in [1.82, 2.24) is 20.7 Å². The fourth-order valence-corrected chi connectivity index (χ4v) is 3.60. The highest BCUT2D eigenvalue weighted by Gasteiger charge is 2.50. The van der Waals surface area contributed by atoms with Crippen molar-refractivity contribution in [3.63, 3.8) is 0 Å². The highest BCUT2D eigenvalue weighted by atomic mass is 32.1. The van der Waals surface area contributed by atoms with E-state index in [4.69, 9.17) is 4.74 Å². The smallest absolute Gasteiger partial charge is 0.350 e. The van der Waals surface area contributed by atoms with Gasteiger partial charge in [0.05, 0.1) is 10.7 Å². The van der Waals surface area contributed by atoms with Crippen LogP contribution in [0.3, 0.4) is 0 Å². The number of imide groups is 1. The molecule has 1 saturated heterocycles. The number of aromatic nitrogens is 1. The monoisotopic (exact) mass is 402 g/mol. The predicted molar refractivity (Wildman–Crippen MR) is 99.2 cm³/mol. The van der Waals surface area contributed by atoms with Gasteiger partial charge in [-0.3, -0.25) is 15.0 Å². The first-order valence-electron chi connectivity index (χ1n) is 8.35. The minimum atomic E-state index is -1.31. The van der Waals surface area contributed by atoms with Crippen LogP contribution in [0.2, 0.25) is 0 Å². The number of benzene rings is 1. The Bertz CT molecular complexity index is 958. The number of rotatable bonds is 5. The lowest BCUT2D eigenvalue weighted by molar-refractivity contribution is -0.140. The third-order valence-corrected chi connectivity index (χ3v) is 5.25. The molecule has 2 heterocycles. The van der Waals surface area contributed by atoms with E-state index in [1.165, 1.54) is 0 Å². The first-order valence-corrected chi connectivity index (χ1v) is 9.17. The van der Waals surface area contributed by atoms with E-state index in [1.807, 2.05) is 0 Å². The topological polar surface area (TPSA) is 118 Å². The zero-order valence-electron chi connectivity index (χ0n) is 15.4. The average molecular weight is 402 g/mol. The fraction of sp³-hybridized carbons (Fsp3) is 0.278. The molecular formula is C18H18N4O5S. The molecule has 0 saturated carbocycles. The maximum absolute atomic E-state index is 12.7. The Kier molecular flexibility index (Phi) is 5.14. The number of aryl methyl sites for hydroxylation is 2. The molecule has 2 N–H and O–H groups in total. The molecule has 0 unspecified atom stereocenters. The van der Waals surface area contributed by atoms with Crippen LogP contribution in [-0.4, -0.2) is 40.4 Å². The lowest BCUT2D eigenvalue weighted by Gasteiger charge is -2.22. The van der Waals surface area contributed by atoms with Gasteiger partial charge in [0.25, 0.3) is 11.8 Å². The third kappa shape index (κ3) is 3.58. The highest BCUT2D eigenvalue weighted by Crippen LogP contribution is 2.27. The molecule has 0 bridgehead atoms. The van der Waals surface area contributed by atoms with Gasteiger partial charge in [-0.05, 0) is 26.3 Å². The van der Waals surface area contributed by atoms with Crippen LogP contribution in [-0.2, 0) is 19.9 Å². The number of nitrogens with zero attached hydrogens (tertiary/aromatic N) is 2. The molecule has 0 aliphatic carbocycles. The van der Waals surface area contributed by atoms with Gasteiger partial charge < -0.3 is 10.1 Å². The fourth-order valence-electron chi connectivity index (χ4n) is 2.78. The van der Waals surface area contributed by atoms with Crippen molar-refractivity contribution in [2.24, 2.45) is 0 Å². The Hall–Kier alpha value is -3.27. The van der Waals surface area contributed by atoms with E-state index in [0.29, 0.717) is 26.2 Å². The summed E-state index contributed by atoms with van der Waals surface area (Å²) in [5.41, 5.74) is 1.96. The summed E-state index contributed by atoms with van der Waals surface area (Å²) in [6.07, 6.45) is 0. The number of esters is 1. The Morgan fingerprint density at radius 1 is 1.25 bits per heavy atom. The van der Waals surface area contributed by atoms with E-state index >= 15 is 0 Å². The van der Waals surface area contributed by atoms with E-state index in [0.717, 1.165) is 11.3 Å². The van der Waals surface area contributed by atoms with Crippen molar-refractivity contribution in [3.8, 4) is 0 Å². The van der Waals surface area contributed by atoms with Crippen molar-refractivity contribution in [2.45, 2.75) is 26.3 Å². The van der Waals surface area contributed by atoms with E-state index in [1.54, 1.807) is 51.1 Å². The average Bonchev–Trinajstić information content (AvgIpc) is 3.11. The highest BCUT2D eigenvalue weighted by molar-refractivity contribution is 7.13. The number of ether oxygens (including phenoxy) is 1. The molecule has 1 aromatic heterocycles. The summed E-state index contributed by atoms with van der Waals surface area (Å²) >= 11 is 1.16. The molecule has 2 aromatic rings. The van der Waals surface area contributed by atoms with Gasteiger partial charge in [-0.2, -0.15) is 5.01 Å². The Morgan fingerprint density at radius 2 is 1.93 bits per heavy atom. The normalized spacial score (nSPS) is 18.8. The summed E-state index contributed by atoms with van der Waals surface area (Å²) < 4.78 is 4.95. The first-order chi connectivity index (χ1) is 13.2. The molecule has 28 heavy (non-hydrogen) atoms. The van der Waals surface area contributed by atoms with Gasteiger partial charge in [-0.15, -0.1) is 11.3 Å². The minimum Gasteiger partial charge on any atom is -0.451 e. The molecule has 9 nitrogen and oxygen atoms in total. The van der Waals surface area contributed by atoms with Crippen LogP contribution >= 0.6 is 11.3 Å². The predicted octanol–water partition coefficient (Wildman–Crippen LogP) is 1.42. The van der Waals surface area contributed by atoms with Crippen molar-refractivity contribution in [3.05, 3.63) is 51.5 Å². The summed E-state index contributed by atoms with van der Waals surface area (Å²) in [4.78, 5) is 53.4. The Morgan fingerprint density at radius 3 is 2.54 bits per heavy atom. The number of carbonyl (C=O) groups excluding carboxylic acids is 4.